The van der Waals surface area contributed by atoms with Crippen LogP contribution in [0.25, 0.3) is 5.65 Å². The van der Waals surface area contributed by atoms with Crippen molar-refractivity contribution in [2.45, 2.75) is 31.9 Å². The molecular formula is C17H17F3N6O. The van der Waals surface area contributed by atoms with E-state index >= 15 is 0 Å². The smallest absolute Gasteiger partial charge is 0.348 e. The fourth-order valence-corrected chi connectivity index (χ4v) is 3.45. The van der Waals surface area contributed by atoms with E-state index in [4.69, 9.17) is 0 Å². The van der Waals surface area contributed by atoms with Gasteiger partial charge in [0.2, 0.25) is 0 Å². The number of nitrogens with one attached hydrogen (secondary N) is 1. The van der Waals surface area contributed by atoms with Gasteiger partial charge in [0.25, 0.3) is 5.91 Å². The Balaban J connectivity index is 1.65. The second kappa shape index (κ2) is 6.36. The summed E-state index contributed by atoms with van der Waals surface area (Å²) in [6.07, 6.45) is 0.473. The number of H-pyrrole nitrogens is 1. The number of aromatic nitrogens is 5. The van der Waals surface area contributed by atoms with Crippen molar-refractivity contribution in [3.8, 4) is 0 Å². The predicted molar refractivity (Wildman–Crippen MR) is 89.2 cm³/mol. The molecule has 0 bridgehead atoms. The van der Waals surface area contributed by atoms with Gasteiger partial charge in [-0.25, -0.2) is 14.5 Å². The molecule has 3 aromatic heterocycles. The third-order valence-corrected chi connectivity index (χ3v) is 4.68. The quantitative estimate of drug-likeness (QED) is 0.744. The van der Waals surface area contributed by atoms with Gasteiger partial charge in [-0.1, -0.05) is 0 Å². The maximum absolute atomic E-state index is 13.3. The van der Waals surface area contributed by atoms with E-state index in [0.29, 0.717) is 17.6 Å². The fraction of sp³-hybridized carbons (Fsp3) is 0.412. The lowest BCUT2D eigenvalue weighted by Gasteiger charge is -2.31. The molecule has 7 nitrogen and oxygen atoms in total. The molecule has 1 aliphatic rings. The van der Waals surface area contributed by atoms with Gasteiger partial charge in [-0.3, -0.25) is 4.79 Å². The monoisotopic (exact) mass is 378 g/mol. The zero-order valence-corrected chi connectivity index (χ0v) is 14.5. The van der Waals surface area contributed by atoms with Crippen molar-refractivity contribution in [2.24, 2.45) is 0 Å². The number of hydrogen-bond donors (Lipinski definition) is 1. The second-order valence-electron chi connectivity index (χ2n) is 6.64. The molecule has 4 heterocycles. The molecule has 10 heteroatoms. The van der Waals surface area contributed by atoms with Gasteiger partial charge in [-0.2, -0.15) is 18.3 Å². The van der Waals surface area contributed by atoms with Crippen molar-refractivity contribution in [2.75, 3.05) is 13.1 Å². The number of fused-ring (bicyclic) bond motifs is 1. The Morgan fingerprint density at radius 2 is 2.15 bits per heavy atom. The molecule has 1 saturated heterocycles. The Morgan fingerprint density at radius 1 is 1.33 bits per heavy atom. The van der Waals surface area contributed by atoms with E-state index in [2.05, 4.69) is 20.1 Å². The van der Waals surface area contributed by atoms with Crippen LogP contribution in [0.15, 0.2) is 24.5 Å². The van der Waals surface area contributed by atoms with E-state index in [1.807, 2.05) is 0 Å². The highest BCUT2D eigenvalue weighted by molar-refractivity contribution is 5.93. The van der Waals surface area contributed by atoms with Crippen LogP contribution in [0.5, 0.6) is 0 Å². The van der Waals surface area contributed by atoms with Crippen LogP contribution in [0.3, 0.4) is 0 Å². The van der Waals surface area contributed by atoms with Gasteiger partial charge in [-0.15, -0.1) is 0 Å². The number of imidazole rings is 1. The first-order chi connectivity index (χ1) is 12.8. The summed E-state index contributed by atoms with van der Waals surface area (Å²) in [5.41, 5.74) is -0.773. The van der Waals surface area contributed by atoms with Crippen LogP contribution >= 0.6 is 0 Å². The zero-order valence-electron chi connectivity index (χ0n) is 14.5. The number of halogens is 3. The third-order valence-electron chi connectivity index (χ3n) is 4.68. The zero-order chi connectivity index (χ0) is 19.2. The van der Waals surface area contributed by atoms with Gasteiger partial charge in [0.1, 0.15) is 11.5 Å². The Kier molecular flexibility index (Phi) is 4.12. The molecule has 3 aromatic rings. The number of likely N-dealkylation sites (tertiary alicyclic amines) is 1. The SMILES string of the molecule is Cc1cc(C(F)(F)F)n2nc(C(=O)N3CCC[C@@H](c4ncc[nH]4)C3)cc2n1. The largest absolute Gasteiger partial charge is 0.433 e. The minimum absolute atomic E-state index is 0.00488. The lowest BCUT2D eigenvalue weighted by Crippen LogP contribution is -2.39. The predicted octanol–water partition coefficient (Wildman–Crippen LogP) is 2.80. The van der Waals surface area contributed by atoms with Gasteiger partial charge in [0, 0.05) is 43.2 Å². The van der Waals surface area contributed by atoms with Crippen molar-refractivity contribution in [1.29, 1.82) is 0 Å². The number of amides is 1. The molecule has 0 saturated carbocycles. The highest BCUT2D eigenvalue weighted by Crippen LogP contribution is 2.30. The fourth-order valence-electron chi connectivity index (χ4n) is 3.45. The molecule has 1 fully saturated rings. The lowest BCUT2D eigenvalue weighted by molar-refractivity contribution is -0.142. The summed E-state index contributed by atoms with van der Waals surface area (Å²) in [6.45, 7) is 2.45. The molecule has 0 aromatic carbocycles. The number of carbonyl (C=O) groups excluding carboxylic acids is 1. The van der Waals surface area contributed by atoms with E-state index in [-0.39, 0.29) is 23.0 Å². The van der Waals surface area contributed by atoms with Gasteiger partial charge in [0.05, 0.1) is 0 Å². The first kappa shape index (κ1) is 17.5. The number of aromatic amines is 1. The minimum Gasteiger partial charge on any atom is -0.348 e. The summed E-state index contributed by atoms with van der Waals surface area (Å²) in [6, 6.07) is 2.23. The lowest BCUT2D eigenvalue weighted by atomic mass is 9.97. The maximum Gasteiger partial charge on any atom is 0.433 e. The number of rotatable bonds is 2. The van der Waals surface area contributed by atoms with E-state index in [1.54, 1.807) is 17.3 Å². The Labute approximate surface area is 152 Å². The number of piperidine rings is 1. The maximum atomic E-state index is 13.3. The van der Waals surface area contributed by atoms with E-state index in [0.717, 1.165) is 24.7 Å². The topological polar surface area (TPSA) is 79.2 Å². The van der Waals surface area contributed by atoms with Crippen molar-refractivity contribution in [1.82, 2.24) is 29.5 Å². The first-order valence-corrected chi connectivity index (χ1v) is 8.56. The molecule has 0 unspecified atom stereocenters. The van der Waals surface area contributed by atoms with Crippen molar-refractivity contribution >= 4 is 11.6 Å². The van der Waals surface area contributed by atoms with Crippen molar-refractivity contribution < 1.29 is 18.0 Å². The van der Waals surface area contributed by atoms with Crippen LogP contribution in [-0.4, -0.2) is 48.5 Å². The summed E-state index contributed by atoms with van der Waals surface area (Å²) < 4.78 is 40.5. The molecule has 0 radical (unpaired) electrons. The van der Waals surface area contributed by atoms with Crippen LogP contribution in [0.1, 0.15) is 46.5 Å². The molecule has 1 N–H and O–H groups in total. The Bertz CT molecular complexity index is 979. The number of carbonyl (C=O) groups is 1. The summed E-state index contributed by atoms with van der Waals surface area (Å²) in [5.74, 6) is 0.475. The van der Waals surface area contributed by atoms with Crippen molar-refractivity contribution in [3.05, 3.63) is 47.4 Å². The van der Waals surface area contributed by atoms with Gasteiger partial charge in [0.15, 0.2) is 11.3 Å². The van der Waals surface area contributed by atoms with Gasteiger partial charge < -0.3 is 9.88 Å². The molecule has 1 amide bonds. The molecule has 4 rings (SSSR count). The number of hydrogen-bond acceptors (Lipinski definition) is 4. The summed E-state index contributed by atoms with van der Waals surface area (Å²) in [7, 11) is 0. The standard InChI is InChI=1S/C17H17F3N6O/c1-10-7-13(17(18,19)20)26-14(23-10)8-12(24-26)16(27)25-6-2-3-11(9-25)15-21-4-5-22-15/h4-5,7-8,11H,2-3,6,9H2,1H3,(H,21,22)/t11-/m1/s1. The second-order valence-corrected chi connectivity index (χ2v) is 6.64. The van der Waals surface area contributed by atoms with Crippen LogP contribution < -0.4 is 0 Å². The molecule has 0 spiro atoms. The van der Waals surface area contributed by atoms with Gasteiger partial charge >= 0.3 is 6.18 Å². The van der Waals surface area contributed by atoms with Crippen LogP contribution in [-0.2, 0) is 6.18 Å². The average molecular weight is 378 g/mol. The molecule has 0 aliphatic carbocycles. The van der Waals surface area contributed by atoms with Crippen LogP contribution in [0.4, 0.5) is 13.2 Å². The summed E-state index contributed by atoms with van der Waals surface area (Å²) >= 11 is 0. The summed E-state index contributed by atoms with van der Waals surface area (Å²) in [5, 5.41) is 3.90. The van der Waals surface area contributed by atoms with Crippen LogP contribution in [0, 0.1) is 6.92 Å². The van der Waals surface area contributed by atoms with E-state index < -0.39 is 17.8 Å². The molecular weight excluding hydrogens is 361 g/mol. The van der Waals surface area contributed by atoms with Crippen molar-refractivity contribution in [3.63, 3.8) is 0 Å². The normalized spacial score (nSPS) is 18.2. The molecule has 1 atom stereocenters. The van der Waals surface area contributed by atoms with E-state index in [9.17, 15) is 18.0 Å². The van der Waals surface area contributed by atoms with E-state index in [1.165, 1.54) is 13.0 Å². The summed E-state index contributed by atoms with van der Waals surface area (Å²) in [4.78, 5) is 25.8. The van der Waals surface area contributed by atoms with Gasteiger partial charge in [-0.05, 0) is 25.8 Å². The highest BCUT2D eigenvalue weighted by Gasteiger charge is 2.36. The minimum atomic E-state index is -4.59. The number of nitrogens with zero attached hydrogens (tertiary/aromatic N) is 5. The molecule has 142 valence electrons. The molecule has 27 heavy (non-hydrogen) atoms. The Morgan fingerprint density at radius 3 is 2.85 bits per heavy atom. The third kappa shape index (κ3) is 3.26. The van der Waals surface area contributed by atoms with Crippen LogP contribution in [0.2, 0.25) is 0 Å². The average Bonchev–Trinajstić information content (AvgIpc) is 3.29. The first-order valence-electron chi connectivity index (χ1n) is 8.56. The highest BCUT2D eigenvalue weighted by atomic mass is 19.4. The Hall–Kier alpha value is -2.91. The number of alkyl halides is 3. The molecule has 1 aliphatic heterocycles. The number of aryl methyl sites for hydroxylation is 1.